The first-order chi connectivity index (χ1) is 9.36. The molecule has 0 fully saturated rings. The summed E-state index contributed by atoms with van der Waals surface area (Å²) in [5.41, 5.74) is -0.358. The molecular formula is C15H17F2NO2. The fourth-order valence-corrected chi connectivity index (χ4v) is 1.38. The molecule has 0 saturated heterocycles. The number of hydrogen-bond acceptors (Lipinski definition) is 2. The van der Waals surface area contributed by atoms with Gasteiger partial charge in [-0.05, 0) is 18.9 Å². The molecule has 1 aromatic rings. The Kier molecular flexibility index (Phi) is 5.51. The van der Waals surface area contributed by atoms with E-state index in [1.54, 1.807) is 6.92 Å². The lowest BCUT2D eigenvalue weighted by Crippen LogP contribution is -2.36. The van der Waals surface area contributed by atoms with E-state index in [0.29, 0.717) is 0 Å². The zero-order chi connectivity index (χ0) is 15.3. The summed E-state index contributed by atoms with van der Waals surface area (Å²) in [7, 11) is 0. The Balaban J connectivity index is 2.94. The summed E-state index contributed by atoms with van der Waals surface area (Å²) in [5, 5.41) is 2.61. The van der Waals surface area contributed by atoms with E-state index in [-0.39, 0.29) is 29.9 Å². The Bertz CT molecular complexity index is 535. The molecule has 0 aliphatic rings. The van der Waals surface area contributed by atoms with Crippen LogP contribution in [0.4, 0.5) is 8.78 Å². The number of carbonyl (C=O) groups is 1. The predicted octanol–water partition coefficient (Wildman–Crippen LogP) is 2.75. The molecular weight excluding hydrogens is 264 g/mol. The molecule has 1 amide bonds. The monoisotopic (exact) mass is 281 g/mol. The topological polar surface area (TPSA) is 38.3 Å². The van der Waals surface area contributed by atoms with Gasteiger partial charge in [0.05, 0.1) is 5.56 Å². The minimum Gasteiger partial charge on any atom is -0.478 e. The van der Waals surface area contributed by atoms with Crippen LogP contribution in [0, 0.1) is 29.9 Å². The van der Waals surface area contributed by atoms with Crippen LogP contribution >= 0.6 is 0 Å². The fourth-order valence-electron chi connectivity index (χ4n) is 1.38. The summed E-state index contributed by atoms with van der Waals surface area (Å²) in [6.07, 6.45) is 4.97. The molecule has 3 nitrogen and oxygen atoms in total. The molecule has 0 aliphatic heterocycles. The van der Waals surface area contributed by atoms with Crippen molar-refractivity contribution in [1.82, 2.24) is 5.32 Å². The van der Waals surface area contributed by atoms with E-state index in [1.165, 1.54) is 0 Å². The summed E-state index contributed by atoms with van der Waals surface area (Å²) in [4.78, 5) is 11.9. The van der Waals surface area contributed by atoms with E-state index in [4.69, 9.17) is 11.2 Å². The van der Waals surface area contributed by atoms with E-state index in [2.05, 4.69) is 11.2 Å². The van der Waals surface area contributed by atoms with Crippen molar-refractivity contribution in [3.05, 3.63) is 29.3 Å². The van der Waals surface area contributed by atoms with Crippen molar-refractivity contribution in [2.75, 3.05) is 6.61 Å². The number of rotatable bonds is 5. The number of carbonyl (C=O) groups excluding carboxylic acids is 1. The van der Waals surface area contributed by atoms with E-state index in [1.807, 2.05) is 13.8 Å². The quantitative estimate of drug-likeness (QED) is 0.843. The lowest BCUT2D eigenvalue weighted by molar-refractivity contribution is 0.0925. The van der Waals surface area contributed by atoms with E-state index in [0.717, 1.165) is 12.1 Å². The number of nitrogens with one attached hydrogen (secondary N) is 1. The lowest BCUT2D eigenvalue weighted by atomic mass is 10.1. The number of benzene rings is 1. The summed E-state index contributed by atoms with van der Waals surface area (Å²) in [6.45, 7) is 5.45. The third-order valence-corrected chi connectivity index (χ3v) is 2.94. The van der Waals surface area contributed by atoms with Crippen LogP contribution in [0.2, 0.25) is 0 Å². The maximum absolute atomic E-state index is 13.8. The molecule has 0 heterocycles. The van der Waals surface area contributed by atoms with Crippen LogP contribution in [0.1, 0.15) is 31.1 Å². The molecule has 0 radical (unpaired) electrons. The van der Waals surface area contributed by atoms with Crippen molar-refractivity contribution in [3.63, 3.8) is 0 Å². The second-order valence-electron chi connectivity index (χ2n) is 4.76. The number of terminal acetylenes is 1. The minimum atomic E-state index is -0.855. The third kappa shape index (κ3) is 3.95. The lowest BCUT2D eigenvalue weighted by Gasteiger charge is -2.17. The predicted molar refractivity (Wildman–Crippen MR) is 72.5 cm³/mol. The number of ether oxygens (including phenoxy) is 1. The maximum Gasteiger partial charge on any atom is 0.254 e. The van der Waals surface area contributed by atoms with E-state index < -0.39 is 17.5 Å². The van der Waals surface area contributed by atoms with Crippen LogP contribution in [-0.4, -0.2) is 18.6 Å². The van der Waals surface area contributed by atoms with Gasteiger partial charge in [-0.1, -0.05) is 19.8 Å². The van der Waals surface area contributed by atoms with E-state index in [9.17, 15) is 13.6 Å². The van der Waals surface area contributed by atoms with Gasteiger partial charge in [0.1, 0.15) is 12.4 Å². The van der Waals surface area contributed by atoms with Gasteiger partial charge in [-0.25, -0.2) is 8.78 Å². The maximum atomic E-state index is 13.8. The van der Waals surface area contributed by atoms with Crippen molar-refractivity contribution in [1.29, 1.82) is 0 Å². The summed E-state index contributed by atoms with van der Waals surface area (Å²) < 4.78 is 32.3. The van der Waals surface area contributed by atoms with Crippen molar-refractivity contribution in [3.8, 4) is 18.1 Å². The molecule has 1 aromatic carbocycles. The number of halogens is 2. The third-order valence-electron chi connectivity index (χ3n) is 2.94. The molecule has 1 rings (SSSR count). The van der Waals surface area contributed by atoms with Crippen LogP contribution < -0.4 is 10.1 Å². The Hall–Kier alpha value is -2.09. The first kappa shape index (κ1) is 16.0. The Labute approximate surface area is 117 Å². The van der Waals surface area contributed by atoms with Gasteiger partial charge in [0.2, 0.25) is 0 Å². The zero-order valence-electron chi connectivity index (χ0n) is 11.7. The van der Waals surface area contributed by atoms with Crippen LogP contribution in [0.25, 0.3) is 0 Å². The van der Waals surface area contributed by atoms with Crippen molar-refractivity contribution in [2.45, 2.75) is 26.8 Å². The molecule has 1 N–H and O–H groups in total. The minimum absolute atomic E-state index is 0.151. The van der Waals surface area contributed by atoms with Crippen molar-refractivity contribution < 1.29 is 18.3 Å². The van der Waals surface area contributed by atoms with Gasteiger partial charge >= 0.3 is 0 Å². The first-order valence-electron chi connectivity index (χ1n) is 6.23. The highest BCUT2D eigenvalue weighted by molar-refractivity contribution is 5.94. The highest BCUT2D eigenvalue weighted by atomic mass is 19.1. The molecule has 5 heteroatoms. The van der Waals surface area contributed by atoms with Gasteiger partial charge in [-0.2, -0.15) is 0 Å². The zero-order valence-corrected chi connectivity index (χ0v) is 11.7. The van der Waals surface area contributed by atoms with Gasteiger partial charge in [0, 0.05) is 12.1 Å². The molecule has 0 saturated carbocycles. The molecule has 20 heavy (non-hydrogen) atoms. The largest absolute Gasteiger partial charge is 0.478 e. The first-order valence-corrected chi connectivity index (χ1v) is 6.23. The van der Waals surface area contributed by atoms with Crippen molar-refractivity contribution >= 4 is 5.91 Å². The normalized spacial score (nSPS) is 11.8. The van der Waals surface area contributed by atoms with E-state index >= 15 is 0 Å². The average molecular weight is 281 g/mol. The SMILES string of the molecule is C#CCOc1cc(F)c(C(=O)NC(C)C(C)C)cc1F. The Morgan fingerprint density at radius 2 is 2.00 bits per heavy atom. The Morgan fingerprint density at radius 1 is 1.35 bits per heavy atom. The Morgan fingerprint density at radius 3 is 2.55 bits per heavy atom. The summed E-state index contributed by atoms with van der Waals surface area (Å²) in [5.74, 6) is -0.323. The molecule has 0 spiro atoms. The van der Waals surface area contributed by atoms with Gasteiger partial charge in [-0.3, -0.25) is 4.79 Å². The molecule has 108 valence electrons. The second kappa shape index (κ2) is 6.90. The van der Waals surface area contributed by atoms with Crippen LogP contribution in [0.3, 0.4) is 0 Å². The summed E-state index contributed by atoms with van der Waals surface area (Å²) in [6, 6.07) is 1.48. The highest BCUT2D eigenvalue weighted by Crippen LogP contribution is 2.22. The van der Waals surface area contributed by atoms with Gasteiger partial charge in [0.15, 0.2) is 11.6 Å². The fraction of sp³-hybridized carbons (Fsp3) is 0.400. The van der Waals surface area contributed by atoms with Crippen LogP contribution in [-0.2, 0) is 0 Å². The molecule has 0 bridgehead atoms. The van der Waals surface area contributed by atoms with Crippen LogP contribution in [0.15, 0.2) is 12.1 Å². The van der Waals surface area contributed by atoms with Gasteiger partial charge < -0.3 is 10.1 Å². The number of amides is 1. The molecule has 0 aromatic heterocycles. The van der Waals surface area contributed by atoms with Crippen LogP contribution in [0.5, 0.6) is 5.75 Å². The molecule has 1 atom stereocenters. The standard InChI is InChI=1S/C15H17F2NO2/c1-5-6-20-14-8-12(16)11(7-13(14)17)15(19)18-10(4)9(2)3/h1,7-10H,6H2,2-4H3,(H,18,19). The second-order valence-corrected chi connectivity index (χ2v) is 4.76. The highest BCUT2D eigenvalue weighted by Gasteiger charge is 2.19. The summed E-state index contributed by atoms with van der Waals surface area (Å²) >= 11 is 0. The molecule has 1 unspecified atom stereocenters. The smallest absolute Gasteiger partial charge is 0.254 e. The molecule has 0 aliphatic carbocycles. The number of hydrogen-bond donors (Lipinski definition) is 1. The van der Waals surface area contributed by atoms with Crippen molar-refractivity contribution in [2.24, 2.45) is 5.92 Å². The average Bonchev–Trinajstić information content (AvgIpc) is 2.38. The van der Waals surface area contributed by atoms with Gasteiger partial charge in [0.25, 0.3) is 5.91 Å². The van der Waals surface area contributed by atoms with Gasteiger partial charge in [-0.15, -0.1) is 6.42 Å².